The molecule has 0 aliphatic rings. The van der Waals surface area contributed by atoms with Crippen molar-refractivity contribution < 1.29 is 9.53 Å². The van der Waals surface area contributed by atoms with Crippen LogP contribution in [0.2, 0.25) is 0 Å². The first-order chi connectivity index (χ1) is 13.2. The molecule has 0 fully saturated rings. The van der Waals surface area contributed by atoms with E-state index in [4.69, 9.17) is 4.74 Å². The van der Waals surface area contributed by atoms with Gasteiger partial charge in [0.15, 0.2) is 10.9 Å². The summed E-state index contributed by atoms with van der Waals surface area (Å²) in [6, 6.07) is 17.5. The highest BCUT2D eigenvalue weighted by Crippen LogP contribution is 2.21. The lowest BCUT2D eigenvalue weighted by atomic mass is 10.1. The van der Waals surface area contributed by atoms with E-state index in [-0.39, 0.29) is 5.78 Å². The van der Waals surface area contributed by atoms with Crippen molar-refractivity contribution in [2.24, 2.45) is 0 Å². The van der Waals surface area contributed by atoms with E-state index < -0.39 is 0 Å². The Labute approximate surface area is 163 Å². The first-order valence-corrected chi connectivity index (χ1v) is 10.0. The largest absolute Gasteiger partial charge is 0.494 e. The number of Topliss-reactive ketones (excluding diaryl/α,β-unsaturated/α-hetero) is 1. The van der Waals surface area contributed by atoms with E-state index in [0.29, 0.717) is 17.9 Å². The molecule has 0 bridgehead atoms. The smallest absolute Gasteiger partial charge is 0.191 e. The summed E-state index contributed by atoms with van der Waals surface area (Å²) in [5.74, 6) is 2.09. The highest BCUT2D eigenvalue weighted by Gasteiger charge is 2.14. The van der Waals surface area contributed by atoms with Crippen molar-refractivity contribution in [3.8, 4) is 5.75 Å². The minimum absolute atomic E-state index is 0.0679. The normalized spacial score (nSPS) is 10.7. The maximum absolute atomic E-state index is 12.5. The Kier molecular flexibility index (Phi) is 6.65. The molecule has 0 saturated carbocycles. The van der Waals surface area contributed by atoms with Gasteiger partial charge in [0.2, 0.25) is 0 Å². The number of hydrogen-bond acceptors (Lipinski definition) is 5. The van der Waals surface area contributed by atoms with Crippen molar-refractivity contribution in [1.29, 1.82) is 0 Å². The second-order valence-electron chi connectivity index (χ2n) is 5.97. The molecular weight excluding hydrogens is 358 g/mol. The second kappa shape index (κ2) is 9.37. The van der Waals surface area contributed by atoms with Crippen molar-refractivity contribution in [3.63, 3.8) is 0 Å². The van der Waals surface area contributed by atoms with Crippen LogP contribution in [-0.2, 0) is 13.0 Å². The van der Waals surface area contributed by atoms with Crippen LogP contribution in [0.3, 0.4) is 0 Å². The predicted molar refractivity (Wildman–Crippen MR) is 108 cm³/mol. The quantitative estimate of drug-likeness (QED) is 0.409. The van der Waals surface area contributed by atoms with Crippen molar-refractivity contribution in [3.05, 3.63) is 71.5 Å². The van der Waals surface area contributed by atoms with Crippen LogP contribution in [0, 0.1) is 0 Å². The second-order valence-corrected chi connectivity index (χ2v) is 6.92. The minimum atomic E-state index is 0.0679. The van der Waals surface area contributed by atoms with Crippen molar-refractivity contribution in [2.75, 3.05) is 12.4 Å². The Morgan fingerprint density at radius 1 is 1.04 bits per heavy atom. The number of rotatable bonds is 9. The summed E-state index contributed by atoms with van der Waals surface area (Å²) >= 11 is 1.43. The van der Waals surface area contributed by atoms with E-state index in [1.54, 1.807) is 12.1 Å². The first-order valence-electron chi connectivity index (χ1n) is 9.06. The van der Waals surface area contributed by atoms with Gasteiger partial charge in [-0.15, -0.1) is 10.2 Å². The number of ketones is 1. The highest BCUT2D eigenvalue weighted by molar-refractivity contribution is 7.99. The van der Waals surface area contributed by atoms with Gasteiger partial charge < -0.3 is 9.30 Å². The van der Waals surface area contributed by atoms with E-state index in [1.165, 1.54) is 17.3 Å². The standard InChI is InChI=1S/C21H23N3O2S/c1-3-24-20(14-16-8-6-5-7-9-16)22-23-21(24)27-15-19(25)17-10-12-18(13-11-17)26-4-2/h5-13H,3-4,14-15H2,1-2H3. The van der Waals surface area contributed by atoms with Gasteiger partial charge in [0.1, 0.15) is 11.6 Å². The monoisotopic (exact) mass is 381 g/mol. The summed E-state index contributed by atoms with van der Waals surface area (Å²) in [5.41, 5.74) is 1.87. The van der Waals surface area contributed by atoms with Crippen LogP contribution in [0.1, 0.15) is 35.6 Å². The zero-order chi connectivity index (χ0) is 19.1. The molecule has 0 N–H and O–H groups in total. The average molecular weight is 382 g/mol. The summed E-state index contributed by atoms with van der Waals surface area (Å²) in [6.45, 7) is 5.39. The van der Waals surface area contributed by atoms with E-state index in [9.17, 15) is 4.79 Å². The van der Waals surface area contributed by atoms with E-state index in [0.717, 1.165) is 29.7 Å². The molecule has 0 atom stereocenters. The lowest BCUT2D eigenvalue weighted by Crippen LogP contribution is -2.07. The van der Waals surface area contributed by atoms with E-state index in [1.807, 2.05) is 37.3 Å². The molecule has 3 aromatic rings. The minimum Gasteiger partial charge on any atom is -0.494 e. The van der Waals surface area contributed by atoms with Crippen LogP contribution in [0.15, 0.2) is 59.8 Å². The third-order valence-corrected chi connectivity index (χ3v) is 5.10. The molecule has 1 heterocycles. The highest BCUT2D eigenvalue weighted by atomic mass is 32.2. The van der Waals surface area contributed by atoms with Crippen molar-refractivity contribution >= 4 is 17.5 Å². The number of hydrogen-bond donors (Lipinski definition) is 0. The molecule has 5 nitrogen and oxygen atoms in total. The van der Waals surface area contributed by atoms with Gasteiger partial charge in [0.05, 0.1) is 12.4 Å². The van der Waals surface area contributed by atoms with Gasteiger partial charge in [-0.2, -0.15) is 0 Å². The topological polar surface area (TPSA) is 57.0 Å². The summed E-state index contributed by atoms with van der Waals surface area (Å²) in [6.07, 6.45) is 0.731. The average Bonchev–Trinajstić information content (AvgIpc) is 3.09. The molecule has 0 spiro atoms. The molecule has 6 heteroatoms. The molecule has 1 aromatic heterocycles. The Bertz CT molecular complexity index is 876. The van der Waals surface area contributed by atoms with Crippen molar-refractivity contribution in [1.82, 2.24) is 14.8 Å². The summed E-state index contributed by atoms with van der Waals surface area (Å²) in [5, 5.41) is 9.40. The van der Waals surface area contributed by atoms with Crippen molar-refractivity contribution in [2.45, 2.75) is 32.0 Å². The molecule has 0 radical (unpaired) electrons. The maximum Gasteiger partial charge on any atom is 0.191 e. The van der Waals surface area contributed by atoms with Gasteiger partial charge in [0.25, 0.3) is 0 Å². The zero-order valence-electron chi connectivity index (χ0n) is 15.6. The van der Waals surface area contributed by atoms with Gasteiger partial charge in [0, 0.05) is 18.5 Å². The number of carbonyl (C=O) groups is 1. The molecular formula is C21H23N3O2S. The van der Waals surface area contributed by atoms with Crippen LogP contribution < -0.4 is 4.74 Å². The molecule has 27 heavy (non-hydrogen) atoms. The SMILES string of the molecule is CCOc1ccc(C(=O)CSc2nnc(Cc3ccccc3)n2CC)cc1. The molecule has 3 rings (SSSR count). The Hall–Kier alpha value is -2.60. The number of nitrogens with zero attached hydrogens (tertiary/aromatic N) is 3. The number of ether oxygens (including phenoxy) is 1. The fourth-order valence-electron chi connectivity index (χ4n) is 2.77. The zero-order valence-corrected chi connectivity index (χ0v) is 16.4. The lowest BCUT2D eigenvalue weighted by Gasteiger charge is -2.07. The predicted octanol–water partition coefficient (Wildman–Crippen LogP) is 4.26. The number of benzene rings is 2. The first kappa shape index (κ1) is 19.2. The van der Waals surface area contributed by atoms with Gasteiger partial charge in [-0.25, -0.2) is 0 Å². The van der Waals surface area contributed by atoms with E-state index >= 15 is 0 Å². The van der Waals surface area contributed by atoms with Crippen LogP contribution in [0.5, 0.6) is 5.75 Å². The summed E-state index contributed by atoms with van der Waals surface area (Å²) < 4.78 is 7.49. The molecule has 0 aliphatic heterocycles. The molecule has 2 aromatic carbocycles. The van der Waals surface area contributed by atoms with Crippen LogP contribution in [0.4, 0.5) is 0 Å². The van der Waals surface area contributed by atoms with Crippen LogP contribution in [-0.4, -0.2) is 32.9 Å². The molecule has 140 valence electrons. The fourth-order valence-corrected chi connectivity index (χ4v) is 3.69. The fraction of sp³-hybridized carbons (Fsp3) is 0.286. The summed E-state index contributed by atoms with van der Waals surface area (Å²) in [7, 11) is 0. The van der Waals surface area contributed by atoms with Crippen LogP contribution >= 0.6 is 11.8 Å². The third-order valence-electron chi connectivity index (χ3n) is 4.13. The van der Waals surface area contributed by atoms with Gasteiger partial charge in [-0.3, -0.25) is 4.79 Å². The maximum atomic E-state index is 12.5. The lowest BCUT2D eigenvalue weighted by molar-refractivity contribution is 0.102. The Morgan fingerprint density at radius 2 is 1.78 bits per heavy atom. The number of thioether (sulfide) groups is 1. The molecule has 0 unspecified atom stereocenters. The number of carbonyl (C=O) groups excluding carboxylic acids is 1. The van der Waals surface area contributed by atoms with Gasteiger partial charge >= 0.3 is 0 Å². The molecule has 0 amide bonds. The van der Waals surface area contributed by atoms with Crippen LogP contribution in [0.25, 0.3) is 0 Å². The summed E-state index contributed by atoms with van der Waals surface area (Å²) in [4.78, 5) is 12.5. The Morgan fingerprint density at radius 3 is 2.44 bits per heavy atom. The molecule has 0 aliphatic carbocycles. The molecule has 0 saturated heterocycles. The third kappa shape index (κ3) is 4.98. The van der Waals surface area contributed by atoms with Gasteiger partial charge in [-0.1, -0.05) is 42.1 Å². The van der Waals surface area contributed by atoms with Gasteiger partial charge in [-0.05, 0) is 43.7 Å². The number of aromatic nitrogens is 3. The van der Waals surface area contributed by atoms with E-state index in [2.05, 4.69) is 33.8 Å². The Balaban J connectivity index is 1.64.